The first-order chi connectivity index (χ1) is 12.2. The first kappa shape index (κ1) is 17.9. The summed E-state index contributed by atoms with van der Waals surface area (Å²) in [7, 11) is 0. The van der Waals surface area contributed by atoms with Crippen LogP contribution in [0.15, 0.2) is 48.8 Å². The normalized spacial score (nSPS) is 15.8. The van der Waals surface area contributed by atoms with Crippen LogP contribution in [0.5, 0.6) is 0 Å². The molecular weight excluding hydrogens is 334 g/mol. The molecule has 0 saturated carbocycles. The van der Waals surface area contributed by atoms with Gasteiger partial charge in [-0.2, -0.15) is 0 Å². The average Bonchev–Trinajstić information content (AvgIpc) is 2.88. The molecule has 3 rings (SSSR count). The summed E-state index contributed by atoms with van der Waals surface area (Å²) >= 11 is 5.95. The van der Waals surface area contributed by atoms with Crippen molar-refractivity contribution in [3.63, 3.8) is 0 Å². The van der Waals surface area contributed by atoms with Gasteiger partial charge in [-0.05, 0) is 42.2 Å². The van der Waals surface area contributed by atoms with Crippen molar-refractivity contribution in [1.29, 1.82) is 0 Å². The Hall–Kier alpha value is -1.91. The second-order valence-electron chi connectivity index (χ2n) is 6.50. The van der Waals surface area contributed by atoms with Crippen molar-refractivity contribution in [3.05, 3.63) is 64.9 Å². The van der Waals surface area contributed by atoms with Gasteiger partial charge in [-0.15, -0.1) is 0 Å². The van der Waals surface area contributed by atoms with E-state index in [0.29, 0.717) is 6.42 Å². The standard InChI is InChI=1S/C20H24ClN3O/c21-19-7-4-18(5-8-19)16-23-11-2-12-24(14-13-23)20(25)9-6-17-3-1-10-22-15-17/h1,3-5,7-8,10,15H,2,6,9,11-14,16H2. The van der Waals surface area contributed by atoms with Gasteiger partial charge in [0.05, 0.1) is 0 Å². The van der Waals surface area contributed by atoms with Crippen molar-refractivity contribution >= 4 is 17.5 Å². The lowest BCUT2D eigenvalue weighted by atomic mass is 10.1. The highest BCUT2D eigenvalue weighted by Gasteiger charge is 2.19. The minimum absolute atomic E-state index is 0.247. The summed E-state index contributed by atoms with van der Waals surface area (Å²) in [5, 5.41) is 0.769. The van der Waals surface area contributed by atoms with Crippen molar-refractivity contribution in [2.45, 2.75) is 25.8 Å². The molecule has 0 unspecified atom stereocenters. The van der Waals surface area contributed by atoms with Crippen LogP contribution in [0.3, 0.4) is 0 Å². The molecular formula is C20H24ClN3O. The molecule has 25 heavy (non-hydrogen) atoms. The number of pyridine rings is 1. The quantitative estimate of drug-likeness (QED) is 0.822. The Kier molecular flexibility index (Phi) is 6.42. The van der Waals surface area contributed by atoms with E-state index in [1.165, 1.54) is 5.56 Å². The molecule has 0 N–H and O–H groups in total. The summed E-state index contributed by atoms with van der Waals surface area (Å²) in [6.07, 6.45) is 5.94. The fourth-order valence-electron chi connectivity index (χ4n) is 3.18. The molecule has 0 atom stereocenters. The summed E-state index contributed by atoms with van der Waals surface area (Å²) in [6.45, 7) is 4.51. The highest BCUT2D eigenvalue weighted by Crippen LogP contribution is 2.14. The SMILES string of the molecule is O=C(CCc1cccnc1)N1CCCN(Cc2ccc(Cl)cc2)CC1. The van der Waals surface area contributed by atoms with E-state index in [2.05, 4.69) is 22.0 Å². The maximum absolute atomic E-state index is 12.5. The number of nitrogens with zero attached hydrogens (tertiary/aromatic N) is 3. The second-order valence-corrected chi connectivity index (χ2v) is 6.93. The summed E-state index contributed by atoms with van der Waals surface area (Å²) in [5.74, 6) is 0.247. The van der Waals surface area contributed by atoms with Gasteiger partial charge in [-0.1, -0.05) is 29.8 Å². The Balaban J connectivity index is 1.47. The monoisotopic (exact) mass is 357 g/mol. The highest BCUT2D eigenvalue weighted by atomic mass is 35.5. The fraction of sp³-hybridized carbons (Fsp3) is 0.400. The third-order valence-corrected chi connectivity index (χ3v) is 4.86. The number of carbonyl (C=O) groups excluding carboxylic acids is 1. The predicted octanol–water partition coefficient (Wildman–Crippen LogP) is 3.40. The Morgan fingerprint density at radius 2 is 1.88 bits per heavy atom. The Morgan fingerprint density at radius 1 is 1.04 bits per heavy atom. The lowest BCUT2D eigenvalue weighted by Crippen LogP contribution is -2.35. The number of aromatic nitrogens is 1. The number of hydrogen-bond donors (Lipinski definition) is 0. The zero-order chi connectivity index (χ0) is 17.5. The zero-order valence-corrected chi connectivity index (χ0v) is 15.2. The average molecular weight is 358 g/mol. The molecule has 1 saturated heterocycles. The lowest BCUT2D eigenvalue weighted by Gasteiger charge is -2.22. The highest BCUT2D eigenvalue weighted by molar-refractivity contribution is 6.30. The molecule has 0 spiro atoms. The molecule has 1 aliphatic rings. The van der Waals surface area contributed by atoms with Gasteiger partial charge in [0.25, 0.3) is 0 Å². The van der Waals surface area contributed by atoms with Crippen LogP contribution in [0.2, 0.25) is 5.02 Å². The molecule has 1 aromatic heterocycles. The first-order valence-corrected chi connectivity index (χ1v) is 9.22. The van der Waals surface area contributed by atoms with Crippen LogP contribution in [0, 0.1) is 0 Å². The molecule has 1 fully saturated rings. The smallest absolute Gasteiger partial charge is 0.222 e. The van der Waals surface area contributed by atoms with Crippen LogP contribution < -0.4 is 0 Å². The number of aryl methyl sites for hydroxylation is 1. The van der Waals surface area contributed by atoms with Crippen LogP contribution in [-0.2, 0) is 17.8 Å². The van der Waals surface area contributed by atoms with Crippen LogP contribution in [-0.4, -0.2) is 46.9 Å². The van der Waals surface area contributed by atoms with Crippen molar-refractivity contribution in [2.75, 3.05) is 26.2 Å². The van der Waals surface area contributed by atoms with Gasteiger partial charge < -0.3 is 4.90 Å². The number of halogens is 1. The maximum atomic E-state index is 12.5. The van der Waals surface area contributed by atoms with Crippen molar-refractivity contribution in [2.24, 2.45) is 0 Å². The molecule has 2 aromatic rings. The summed E-state index contributed by atoms with van der Waals surface area (Å²) in [4.78, 5) is 21.0. The largest absolute Gasteiger partial charge is 0.341 e. The van der Waals surface area contributed by atoms with Crippen molar-refractivity contribution in [3.8, 4) is 0 Å². The van der Waals surface area contributed by atoms with Crippen LogP contribution in [0.4, 0.5) is 0 Å². The van der Waals surface area contributed by atoms with Crippen LogP contribution >= 0.6 is 11.6 Å². The van der Waals surface area contributed by atoms with Gasteiger partial charge in [0.2, 0.25) is 5.91 Å². The molecule has 0 radical (unpaired) electrons. The van der Waals surface area contributed by atoms with E-state index in [9.17, 15) is 4.79 Å². The summed E-state index contributed by atoms with van der Waals surface area (Å²) < 4.78 is 0. The molecule has 1 amide bonds. The minimum Gasteiger partial charge on any atom is -0.341 e. The maximum Gasteiger partial charge on any atom is 0.222 e. The van der Waals surface area contributed by atoms with E-state index in [4.69, 9.17) is 11.6 Å². The molecule has 132 valence electrons. The molecule has 0 bridgehead atoms. The third kappa shape index (κ3) is 5.55. The topological polar surface area (TPSA) is 36.4 Å². The van der Waals surface area contributed by atoms with Gasteiger partial charge in [-0.25, -0.2) is 0 Å². The summed E-state index contributed by atoms with van der Waals surface area (Å²) in [6, 6.07) is 12.0. The number of hydrogen-bond acceptors (Lipinski definition) is 3. The van der Waals surface area contributed by atoms with E-state index in [1.54, 1.807) is 6.20 Å². The Morgan fingerprint density at radius 3 is 2.64 bits per heavy atom. The van der Waals surface area contributed by atoms with E-state index >= 15 is 0 Å². The van der Waals surface area contributed by atoms with Gasteiger partial charge in [0.1, 0.15) is 0 Å². The van der Waals surface area contributed by atoms with E-state index in [0.717, 1.165) is 56.2 Å². The van der Waals surface area contributed by atoms with E-state index < -0.39 is 0 Å². The third-order valence-electron chi connectivity index (χ3n) is 4.61. The number of rotatable bonds is 5. The Bertz CT molecular complexity index is 675. The number of benzene rings is 1. The fourth-order valence-corrected chi connectivity index (χ4v) is 3.31. The Labute approximate surface area is 154 Å². The first-order valence-electron chi connectivity index (χ1n) is 8.84. The van der Waals surface area contributed by atoms with Gasteiger partial charge >= 0.3 is 0 Å². The number of carbonyl (C=O) groups is 1. The predicted molar refractivity (Wildman–Crippen MR) is 100 cm³/mol. The van der Waals surface area contributed by atoms with Crippen LogP contribution in [0.25, 0.3) is 0 Å². The zero-order valence-electron chi connectivity index (χ0n) is 14.4. The van der Waals surface area contributed by atoms with Gasteiger partial charge in [0, 0.05) is 56.6 Å². The van der Waals surface area contributed by atoms with Crippen molar-refractivity contribution in [1.82, 2.24) is 14.8 Å². The van der Waals surface area contributed by atoms with Gasteiger partial charge in [-0.3, -0.25) is 14.7 Å². The van der Waals surface area contributed by atoms with Gasteiger partial charge in [0.15, 0.2) is 0 Å². The molecule has 0 aliphatic carbocycles. The molecule has 5 heteroatoms. The van der Waals surface area contributed by atoms with E-state index in [1.807, 2.05) is 35.4 Å². The van der Waals surface area contributed by atoms with Crippen molar-refractivity contribution < 1.29 is 4.79 Å². The second kappa shape index (κ2) is 8.97. The molecule has 1 aromatic carbocycles. The molecule has 1 aliphatic heterocycles. The number of amides is 1. The summed E-state index contributed by atoms with van der Waals surface area (Å²) in [5.41, 5.74) is 2.38. The lowest BCUT2D eigenvalue weighted by molar-refractivity contribution is -0.131. The minimum atomic E-state index is 0.247. The molecule has 4 nitrogen and oxygen atoms in total. The molecule has 2 heterocycles. The van der Waals surface area contributed by atoms with Crippen LogP contribution in [0.1, 0.15) is 24.0 Å². The van der Waals surface area contributed by atoms with E-state index in [-0.39, 0.29) is 5.91 Å².